The van der Waals surface area contributed by atoms with Crippen LogP contribution in [-0.4, -0.2) is 34.4 Å². The molecule has 24 heavy (non-hydrogen) atoms. The van der Waals surface area contributed by atoms with Crippen LogP contribution in [0.2, 0.25) is 0 Å². The van der Waals surface area contributed by atoms with Crippen molar-refractivity contribution in [2.45, 2.75) is 12.8 Å². The van der Waals surface area contributed by atoms with Gasteiger partial charge in [-0.3, -0.25) is 4.79 Å². The van der Waals surface area contributed by atoms with Gasteiger partial charge in [-0.1, -0.05) is 6.07 Å². The maximum absolute atomic E-state index is 11.5. The summed E-state index contributed by atoms with van der Waals surface area (Å²) in [6, 6.07) is 11.5. The molecule has 5 nitrogen and oxygen atoms in total. The first-order valence-corrected chi connectivity index (χ1v) is 7.58. The van der Waals surface area contributed by atoms with Crippen LogP contribution in [0.1, 0.15) is 12.0 Å². The van der Waals surface area contributed by atoms with Gasteiger partial charge in [-0.25, -0.2) is 0 Å². The zero-order valence-corrected chi connectivity index (χ0v) is 14.4. The van der Waals surface area contributed by atoms with E-state index in [4.69, 9.17) is 18.9 Å². The number of hydrogen-bond acceptors (Lipinski definition) is 5. The van der Waals surface area contributed by atoms with Crippen LogP contribution in [0.3, 0.4) is 0 Å². The number of aryl methyl sites for hydroxylation is 1. The van der Waals surface area contributed by atoms with E-state index in [0.29, 0.717) is 24.3 Å². The monoisotopic (exact) mass is 330 g/mol. The first-order valence-electron chi connectivity index (χ1n) is 7.58. The first kappa shape index (κ1) is 17.7. The maximum atomic E-state index is 11.5. The van der Waals surface area contributed by atoms with Crippen LogP contribution in [-0.2, 0) is 16.0 Å². The lowest BCUT2D eigenvalue weighted by atomic mass is 9.96. The van der Waals surface area contributed by atoms with Gasteiger partial charge in [-0.15, -0.1) is 0 Å². The number of rotatable bonds is 7. The maximum Gasteiger partial charge on any atom is 0.305 e. The highest BCUT2D eigenvalue weighted by Crippen LogP contribution is 2.34. The summed E-state index contributed by atoms with van der Waals surface area (Å²) in [5.74, 6) is 1.92. The molecule has 0 saturated heterocycles. The Hall–Kier alpha value is -2.69. The van der Waals surface area contributed by atoms with Gasteiger partial charge in [0.25, 0.3) is 0 Å². The minimum atomic E-state index is -0.244. The van der Waals surface area contributed by atoms with Crippen LogP contribution in [0.25, 0.3) is 11.1 Å². The summed E-state index contributed by atoms with van der Waals surface area (Å²) in [5.41, 5.74) is 2.95. The summed E-state index contributed by atoms with van der Waals surface area (Å²) < 4.78 is 20.7. The molecule has 128 valence electrons. The fourth-order valence-corrected chi connectivity index (χ4v) is 2.49. The number of ether oxygens (including phenoxy) is 4. The van der Waals surface area contributed by atoms with E-state index in [1.54, 1.807) is 21.3 Å². The lowest BCUT2D eigenvalue weighted by molar-refractivity contribution is -0.140. The first-order chi connectivity index (χ1) is 11.6. The molecule has 5 heteroatoms. The van der Waals surface area contributed by atoms with E-state index in [0.717, 1.165) is 22.4 Å². The minimum Gasteiger partial charge on any atom is -0.497 e. The quantitative estimate of drug-likeness (QED) is 0.728. The van der Waals surface area contributed by atoms with Crippen LogP contribution in [0.5, 0.6) is 17.2 Å². The highest BCUT2D eigenvalue weighted by molar-refractivity contribution is 5.74. The molecule has 0 atom stereocenters. The van der Waals surface area contributed by atoms with Crippen molar-refractivity contribution >= 4 is 5.97 Å². The van der Waals surface area contributed by atoms with Crippen LogP contribution in [0.4, 0.5) is 0 Å². The Kier molecular flexibility index (Phi) is 6.07. The topological polar surface area (TPSA) is 54.0 Å². The SMILES string of the molecule is COC(=O)CCc1cc(OC)ccc1-c1cc(OC)cc(OC)c1. The number of methoxy groups -OCH3 is 4. The molecule has 0 spiro atoms. The molecule has 2 aromatic carbocycles. The van der Waals surface area contributed by atoms with Gasteiger partial charge < -0.3 is 18.9 Å². The van der Waals surface area contributed by atoms with Crippen molar-refractivity contribution in [1.82, 2.24) is 0 Å². The number of carbonyl (C=O) groups excluding carboxylic acids is 1. The summed E-state index contributed by atoms with van der Waals surface area (Å²) >= 11 is 0. The van der Waals surface area contributed by atoms with E-state index in [2.05, 4.69) is 0 Å². The van der Waals surface area contributed by atoms with Crippen molar-refractivity contribution in [2.75, 3.05) is 28.4 Å². The molecule has 0 amide bonds. The average molecular weight is 330 g/mol. The summed E-state index contributed by atoms with van der Waals surface area (Å²) in [6.07, 6.45) is 0.858. The predicted octanol–water partition coefficient (Wildman–Crippen LogP) is 3.49. The van der Waals surface area contributed by atoms with Gasteiger partial charge in [0.15, 0.2) is 0 Å². The van der Waals surface area contributed by atoms with Crippen molar-refractivity contribution in [3.8, 4) is 28.4 Å². The second-order valence-corrected chi connectivity index (χ2v) is 5.20. The van der Waals surface area contributed by atoms with Gasteiger partial charge in [-0.2, -0.15) is 0 Å². The van der Waals surface area contributed by atoms with E-state index in [9.17, 15) is 4.79 Å². The molecule has 0 unspecified atom stereocenters. The Morgan fingerprint density at radius 2 is 1.46 bits per heavy atom. The van der Waals surface area contributed by atoms with Crippen LogP contribution in [0, 0.1) is 0 Å². The van der Waals surface area contributed by atoms with Crippen LogP contribution in [0.15, 0.2) is 36.4 Å². The molecule has 0 fully saturated rings. The van der Waals surface area contributed by atoms with E-state index >= 15 is 0 Å². The van der Waals surface area contributed by atoms with Crippen molar-refractivity contribution in [2.24, 2.45) is 0 Å². The van der Waals surface area contributed by atoms with E-state index in [1.807, 2.05) is 36.4 Å². The third-order valence-electron chi connectivity index (χ3n) is 3.80. The van der Waals surface area contributed by atoms with Gasteiger partial charge in [0.1, 0.15) is 17.2 Å². The Bertz CT molecular complexity index is 687. The minimum absolute atomic E-state index is 0.244. The third-order valence-corrected chi connectivity index (χ3v) is 3.80. The molecule has 2 rings (SSSR count). The molecule has 0 bridgehead atoms. The summed E-state index contributed by atoms with van der Waals surface area (Å²) in [7, 11) is 6.24. The molecule has 0 radical (unpaired) electrons. The van der Waals surface area contributed by atoms with Crippen molar-refractivity contribution in [1.29, 1.82) is 0 Å². The second-order valence-electron chi connectivity index (χ2n) is 5.20. The van der Waals surface area contributed by atoms with Gasteiger partial charge in [0, 0.05) is 12.5 Å². The Balaban J connectivity index is 2.46. The summed E-state index contributed by atoms with van der Waals surface area (Å²) in [6.45, 7) is 0. The number of hydrogen-bond donors (Lipinski definition) is 0. The largest absolute Gasteiger partial charge is 0.497 e. The van der Waals surface area contributed by atoms with Crippen molar-refractivity contribution < 1.29 is 23.7 Å². The number of esters is 1. The fraction of sp³-hybridized carbons (Fsp3) is 0.316. The molecular weight excluding hydrogens is 308 g/mol. The van der Waals surface area contributed by atoms with Crippen LogP contribution < -0.4 is 14.2 Å². The van der Waals surface area contributed by atoms with E-state index < -0.39 is 0 Å². The Labute approximate surface area is 142 Å². The molecular formula is C19H22O5. The summed E-state index contributed by atoms with van der Waals surface area (Å²) in [5, 5.41) is 0. The number of benzene rings is 2. The number of carbonyl (C=O) groups is 1. The Morgan fingerprint density at radius 3 is 2.00 bits per heavy atom. The molecule has 0 N–H and O–H groups in total. The second kappa shape index (κ2) is 8.24. The Morgan fingerprint density at radius 1 is 0.833 bits per heavy atom. The molecule has 0 aliphatic carbocycles. The van der Waals surface area contributed by atoms with Gasteiger partial charge in [0.2, 0.25) is 0 Å². The highest BCUT2D eigenvalue weighted by atomic mass is 16.5. The average Bonchev–Trinajstić information content (AvgIpc) is 2.65. The van der Waals surface area contributed by atoms with E-state index in [1.165, 1.54) is 7.11 Å². The molecule has 0 aromatic heterocycles. The standard InChI is InChI=1S/C19H22O5/c1-21-15-6-7-18(13(9-15)5-8-19(20)24-4)14-10-16(22-2)12-17(11-14)23-3/h6-7,9-12H,5,8H2,1-4H3. The highest BCUT2D eigenvalue weighted by Gasteiger charge is 2.12. The lowest BCUT2D eigenvalue weighted by Gasteiger charge is -2.14. The summed E-state index contributed by atoms with van der Waals surface area (Å²) in [4.78, 5) is 11.5. The molecule has 0 aliphatic rings. The van der Waals surface area contributed by atoms with Crippen molar-refractivity contribution in [3.63, 3.8) is 0 Å². The van der Waals surface area contributed by atoms with Crippen molar-refractivity contribution in [3.05, 3.63) is 42.0 Å². The normalized spacial score (nSPS) is 10.2. The molecule has 0 heterocycles. The zero-order chi connectivity index (χ0) is 17.5. The van der Waals surface area contributed by atoms with Crippen LogP contribution >= 0.6 is 0 Å². The fourth-order valence-electron chi connectivity index (χ4n) is 2.49. The predicted molar refractivity (Wildman–Crippen MR) is 91.9 cm³/mol. The van der Waals surface area contributed by atoms with E-state index in [-0.39, 0.29) is 5.97 Å². The third kappa shape index (κ3) is 4.19. The zero-order valence-electron chi connectivity index (χ0n) is 14.4. The lowest BCUT2D eigenvalue weighted by Crippen LogP contribution is -2.03. The van der Waals surface area contributed by atoms with Gasteiger partial charge in [-0.05, 0) is 47.4 Å². The molecule has 0 saturated carbocycles. The van der Waals surface area contributed by atoms with Gasteiger partial charge in [0.05, 0.1) is 28.4 Å². The van der Waals surface area contributed by atoms with Gasteiger partial charge >= 0.3 is 5.97 Å². The molecule has 2 aromatic rings. The smallest absolute Gasteiger partial charge is 0.305 e. The molecule has 0 aliphatic heterocycles.